The van der Waals surface area contributed by atoms with Gasteiger partial charge in [0.05, 0.1) is 26.4 Å². The Morgan fingerprint density at radius 3 is 2.13 bits per heavy atom. The fraction of sp³-hybridized carbons (Fsp3) is 1.00. The molecule has 0 radical (unpaired) electrons. The third-order valence-corrected chi connectivity index (χ3v) is 1.80. The lowest BCUT2D eigenvalue weighted by Gasteiger charge is -2.14. The van der Waals surface area contributed by atoms with Crippen molar-refractivity contribution in [1.82, 2.24) is 0 Å². The maximum Gasteiger partial charge on any atom is 0.397 e. The van der Waals surface area contributed by atoms with Gasteiger partial charge >= 0.3 is 10.4 Å². The molecule has 0 rings (SSSR count). The van der Waals surface area contributed by atoms with Gasteiger partial charge in [-0.15, -0.1) is 0 Å². The number of hydrogen-bond donors (Lipinski definition) is 4. The molecule has 0 saturated carbocycles. The lowest BCUT2D eigenvalue weighted by atomic mass is 10.4. The topological polar surface area (TPSA) is 134 Å². The zero-order chi connectivity index (χ0) is 11.9. The summed E-state index contributed by atoms with van der Waals surface area (Å²) in [6.07, 6.45) is -2.33. The SMILES string of the molecule is O=S(=O)(O)OC(CO)COCC(O)CO. The van der Waals surface area contributed by atoms with Crippen molar-refractivity contribution in [3.8, 4) is 0 Å². The van der Waals surface area contributed by atoms with E-state index in [0.717, 1.165) is 0 Å². The van der Waals surface area contributed by atoms with E-state index in [0.29, 0.717) is 0 Å². The van der Waals surface area contributed by atoms with Crippen molar-refractivity contribution in [2.24, 2.45) is 0 Å². The zero-order valence-electron chi connectivity index (χ0n) is 7.81. The highest BCUT2D eigenvalue weighted by atomic mass is 32.3. The number of aliphatic hydroxyl groups is 3. The highest BCUT2D eigenvalue weighted by molar-refractivity contribution is 7.80. The van der Waals surface area contributed by atoms with Crippen LogP contribution < -0.4 is 0 Å². The van der Waals surface area contributed by atoms with Crippen LogP contribution in [0.1, 0.15) is 0 Å². The fourth-order valence-corrected chi connectivity index (χ4v) is 1.13. The first kappa shape index (κ1) is 14.7. The van der Waals surface area contributed by atoms with Gasteiger partial charge in [-0.2, -0.15) is 8.42 Å². The summed E-state index contributed by atoms with van der Waals surface area (Å²) in [7, 11) is -4.64. The molecular weight excluding hydrogens is 232 g/mol. The Balaban J connectivity index is 3.81. The second-order valence-corrected chi connectivity index (χ2v) is 3.75. The predicted octanol–water partition coefficient (Wildman–Crippen LogP) is -2.46. The second kappa shape index (κ2) is 7.06. The summed E-state index contributed by atoms with van der Waals surface area (Å²) in [5.74, 6) is 0. The van der Waals surface area contributed by atoms with Crippen LogP contribution in [0.5, 0.6) is 0 Å². The van der Waals surface area contributed by atoms with Crippen LogP contribution in [-0.4, -0.2) is 66.9 Å². The number of rotatable bonds is 8. The van der Waals surface area contributed by atoms with Gasteiger partial charge in [0, 0.05) is 0 Å². The molecule has 2 unspecified atom stereocenters. The van der Waals surface area contributed by atoms with E-state index >= 15 is 0 Å². The van der Waals surface area contributed by atoms with Gasteiger partial charge in [-0.3, -0.25) is 4.55 Å². The summed E-state index contributed by atoms with van der Waals surface area (Å²) in [5.41, 5.74) is 0. The maximum atomic E-state index is 10.2. The molecule has 0 aliphatic heterocycles. The number of ether oxygens (including phenoxy) is 1. The van der Waals surface area contributed by atoms with Gasteiger partial charge in [0.2, 0.25) is 0 Å². The Morgan fingerprint density at radius 2 is 1.73 bits per heavy atom. The van der Waals surface area contributed by atoms with E-state index < -0.39 is 35.8 Å². The fourth-order valence-electron chi connectivity index (χ4n) is 0.671. The summed E-state index contributed by atoms with van der Waals surface area (Å²) >= 11 is 0. The van der Waals surface area contributed by atoms with E-state index in [1.165, 1.54) is 0 Å². The second-order valence-electron chi connectivity index (χ2n) is 2.70. The first-order chi connectivity index (χ1) is 6.89. The Hall–Kier alpha value is -0.290. The highest BCUT2D eigenvalue weighted by Gasteiger charge is 2.17. The molecule has 0 fully saturated rings. The molecule has 4 N–H and O–H groups in total. The monoisotopic (exact) mass is 246 g/mol. The van der Waals surface area contributed by atoms with Gasteiger partial charge in [-0.25, -0.2) is 4.18 Å². The van der Waals surface area contributed by atoms with E-state index in [4.69, 9.17) is 24.6 Å². The summed E-state index contributed by atoms with van der Waals surface area (Å²) < 4.78 is 37.5. The summed E-state index contributed by atoms with van der Waals surface area (Å²) in [5, 5.41) is 25.8. The zero-order valence-corrected chi connectivity index (χ0v) is 8.63. The van der Waals surface area contributed by atoms with Crippen LogP contribution in [0.4, 0.5) is 0 Å². The molecule has 0 heterocycles. The van der Waals surface area contributed by atoms with Crippen LogP contribution in [0, 0.1) is 0 Å². The Labute approximate surface area is 87.0 Å². The molecule has 0 aromatic heterocycles. The van der Waals surface area contributed by atoms with E-state index in [1.54, 1.807) is 0 Å². The van der Waals surface area contributed by atoms with Crippen LogP contribution in [0.15, 0.2) is 0 Å². The Kier molecular flexibility index (Phi) is 6.92. The minimum Gasteiger partial charge on any atom is -0.394 e. The Bertz CT molecular complexity index is 250. The van der Waals surface area contributed by atoms with Gasteiger partial charge < -0.3 is 20.1 Å². The number of hydrogen-bond acceptors (Lipinski definition) is 7. The van der Waals surface area contributed by atoms with Crippen LogP contribution in [-0.2, 0) is 19.3 Å². The largest absolute Gasteiger partial charge is 0.397 e. The van der Waals surface area contributed by atoms with Crippen molar-refractivity contribution in [3.05, 3.63) is 0 Å². The average Bonchev–Trinajstić information content (AvgIpc) is 2.14. The minimum absolute atomic E-state index is 0.234. The average molecular weight is 246 g/mol. The van der Waals surface area contributed by atoms with Crippen molar-refractivity contribution in [1.29, 1.82) is 0 Å². The normalized spacial score (nSPS) is 16.3. The van der Waals surface area contributed by atoms with Crippen molar-refractivity contribution in [2.75, 3.05) is 26.4 Å². The van der Waals surface area contributed by atoms with E-state index in [2.05, 4.69) is 4.18 Å². The van der Waals surface area contributed by atoms with Gasteiger partial charge in [-0.05, 0) is 0 Å². The Morgan fingerprint density at radius 1 is 1.13 bits per heavy atom. The smallest absolute Gasteiger partial charge is 0.394 e. The molecule has 0 bridgehead atoms. The molecular formula is C6H14O8S. The quantitative estimate of drug-likeness (QED) is 0.346. The van der Waals surface area contributed by atoms with E-state index in [9.17, 15) is 8.42 Å². The molecule has 2 atom stereocenters. The van der Waals surface area contributed by atoms with Crippen LogP contribution >= 0.6 is 0 Å². The van der Waals surface area contributed by atoms with Gasteiger partial charge in [-0.1, -0.05) is 0 Å². The molecule has 0 aliphatic carbocycles. The molecule has 15 heavy (non-hydrogen) atoms. The van der Waals surface area contributed by atoms with Crippen molar-refractivity contribution in [3.63, 3.8) is 0 Å². The molecule has 0 amide bonds. The highest BCUT2D eigenvalue weighted by Crippen LogP contribution is 1.98. The molecule has 0 aromatic rings. The molecule has 92 valence electrons. The summed E-state index contributed by atoms with van der Waals surface area (Å²) in [4.78, 5) is 0. The first-order valence-electron chi connectivity index (χ1n) is 4.02. The molecule has 0 spiro atoms. The molecule has 0 saturated heterocycles. The summed E-state index contributed by atoms with van der Waals surface area (Å²) in [6, 6.07) is 0. The minimum atomic E-state index is -4.64. The van der Waals surface area contributed by atoms with Gasteiger partial charge in [0.15, 0.2) is 0 Å². The predicted molar refractivity (Wildman–Crippen MR) is 47.4 cm³/mol. The van der Waals surface area contributed by atoms with Gasteiger partial charge in [0.25, 0.3) is 0 Å². The van der Waals surface area contributed by atoms with Gasteiger partial charge in [0.1, 0.15) is 12.2 Å². The molecule has 8 nitrogen and oxygen atoms in total. The van der Waals surface area contributed by atoms with Crippen LogP contribution in [0.3, 0.4) is 0 Å². The van der Waals surface area contributed by atoms with Crippen LogP contribution in [0.25, 0.3) is 0 Å². The standard InChI is InChI=1S/C6H14O8S/c7-1-5(9)3-13-4-6(2-8)14-15(10,11)12/h5-9H,1-4H2,(H,10,11,12). The molecule has 0 aromatic carbocycles. The third kappa shape index (κ3) is 8.69. The van der Waals surface area contributed by atoms with Crippen molar-refractivity contribution in [2.45, 2.75) is 12.2 Å². The van der Waals surface area contributed by atoms with Crippen LogP contribution in [0.2, 0.25) is 0 Å². The maximum absolute atomic E-state index is 10.2. The van der Waals surface area contributed by atoms with Crippen molar-refractivity contribution < 1.29 is 37.2 Å². The first-order valence-corrected chi connectivity index (χ1v) is 5.38. The van der Waals surface area contributed by atoms with Crippen molar-refractivity contribution >= 4 is 10.4 Å². The molecule has 9 heteroatoms. The molecule has 0 aliphatic rings. The lowest BCUT2D eigenvalue weighted by molar-refractivity contribution is -0.0301. The lowest BCUT2D eigenvalue weighted by Crippen LogP contribution is -2.29. The number of aliphatic hydroxyl groups excluding tert-OH is 3. The van der Waals surface area contributed by atoms with E-state index in [-0.39, 0.29) is 13.2 Å². The van der Waals surface area contributed by atoms with E-state index in [1.807, 2.05) is 0 Å². The third-order valence-electron chi connectivity index (χ3n) is 1.29. The summed E-state index contributed by atoms with van der Waals surface area (Å²) in [6.45, 7) is -1.74.